The molecule has 0 amide bonds. The summed E-state index contributed by atoms with van der Waals surface area (Å²) in [5, 5.41) is 8.66. The van der Waals surface area contributed by atoms with Gasteiger partial charge in [-0.3, -0.25) is 0 Å². The molecular weight excluding hydrogens is 214 g/mol. The van der Waals surface area contributed by atoms with Crippen molar-refractivity contribution in [1.29, 1.82) is 5.26 Å². The minimum Gasteiger partial charge on any atom is -0.494 e. The van der Waals surface area contributed by atoms with Crippen LogP contribution in [0.3, 0.4) is 0 Å². The summed E-state index contributed by atoms with van der Waals surface area (Å²) in [5.74, 6) is 1.38. The van der Waals surface area contributed by atoms with E-state index in [2.05, 4.69) is 9.97 Å². The topological polar surface area (TPSA) is 58.8 Å². The highest BCUT2D eigenvalue weighted by atomic mass is 16.5. The van der Waals surface area contributed by atoms with E-state index in [9.17, 15) is 0 Å². The minimum absolute atomic E-state index is 0.453. The van der Waals surface area contributed by atoms with Crippen LogP contribution in [0.2, 0.25) is 0 Å². The van der Waals surface area contributed by atoms with Gasteiger partial charge in [0.2, 0.25) is 0 Å². The quantitative estimate of drug-likeness (QED) is 0.804. The molecule has 0 saturated heterocycles. The number of benzene rings is 1. The lowest BCUT2D eigenvalue weighted by molar-refractivity contribution is 0.340. The molecule has 1 heterocycles. The number of hydrogen-bond donors (Lipinski definition) is 0. The van der Waals surface area contributed by atoms with Crippen molar-refractivity contribution in [3.63, 3.8) is 0 Å². The summed E-state index contributed by atoms with van der Waals surface area (Å²) < 4.78 is 5.40. The van der Waals surface area contributed by atoms with Crippen LogP contribution in [0.5, 0.6) is 5.75 Å². The predicted octanol–water partition coefficient (Wildman–Crippen LogP) is 2.41. The van der Waals surface area contributed by atoms with Gasteiger partial charge in [-0.25, -0.2) is 9.97 Å². The average molecular weight is 225 g/mol. The van der Waals surface area contributed by atoms with Gasteiger partial charge >= 0.3 is 0 Å². The molecule has 0 atom stereocenters. The summed E-state index contributed by atoms with van der Waals surface area (Å²) in [6.45, 7) is 2.56. The first-order chi connectivity index (χ1) is 8.33. The largest absolute Gasteiger partial charge is 0.494 e. The normalized spacial score (nSPS) is 9.65. The molecule has 0 fully saturated rings. The fourth-order valence-corrected chi connectivity index (χ4v) is 1.43. The predicted molar refractivity (Wildman–Crippen MR) is 63.4 cm³/mol. The van der Waals surface area contributed by atoms with Crippen LogP contribution in [0.1, 0.15) is 12.5 Å². The Balaban J connectivity index is 2.32. The monoisotopic (exact) mass is 225 g/mol. The Bertz CT molecular complexity index is 543. The van der Waals surface area contributed by atoms with Crippen molar-refractivity contribution in [1.82, 2.24) is 9.97 Å². The van der Waals surface area contributed by atoms with E-state index in [-0.39, 0.29) is 0 Å². The lowest BCUT2D eigenvalue weighted by Gasteiger charge is -2.04. The Morgan fingerprint density at radius 1 is 1.29 bits per heavy atom. The highest BCUT2D eigenvalue weighted by Gasteiger charge is 2.02. The van der Waals surface area contributed by atoms with Crippen molar-refractivity contribution in [3.8, 4) is 23.2 Å². The summed E-state index contributed by atoms with van der Waals surface area (Å²) in [6, 6.07) is 9.55. The van der Waals surface area contributed by atoms with E-state index in [0.29, 0.717) is 18.0 Å². The third-order valence-corrected chi connectivity index (χ3v) is 2.18. The molecule has 0 aliphatic rings. The van der Waals surface area contributed by atoms with E-state index in [4.69, 9.17) is 10.00 Å². The summed E-state index contributed by atoms with van der Waals surface area (Å²) in [4.78, 5) is 8.26. The Morgan fingerprint density at radius 3 is 2.71 bits per heavy atom. The molecule has 0 spiro atoms. The van der Waals surface area contributed by atoms with Crippen LogP contribution in [0, 0.1) is 11.3 Å². The van der Waals surface area contributed by atoms with Gasteiger partial charge in [-0.05, 0) is 19.1 Å². The van der Waals surface area contributed by atoms with Crippen LogP contribution in [-0.4, -0.2) is 16.6 Å². The molecule has 0 aliphatic carbocycles. The molecule has 1 aromatic carbocycles. The summed E-state index contributed by atoms with van der Waals surface area (Å²) >= 11 is 0. The van der Waals surface area contributed by atoms with Gasteiger partial charge in [0.05, 0.1) is 12.2 Å². The zero-order valence-corrected chi connectivity index (χ0v) is 9.42. The fraction of sp³-hybridized carbons (Fsp3) is 0.154. The number of rotatable bonds is 3. The van der Waals surface area contributed by atoms with E-state index in [0.717, 1.165) is 11.3 Å². The van der Waals surface area contributed by atoms with Crippen molar-refractivity contribution in [2.24, 2.45) is 0 Å². The third kappa shape index (κ3) is 2.58. The van der Waals surface area contributed by atoms with E-state index in [1.165, 1.54) is 12.4 Å². The molecule has 0 N–H and O–H groups in total. The van der Waals surface area contributed by atoms with E-state index >= 15 is 0 Å². The summed E-state index contributed by atoms with van der Waals surface area (Å²) in [7, 11) is 0. The molecule has 0 bridgehead atoms. The van der Waals surface area contributed by atoms with Gasteiger partial charge in [-0.1, -0.05) is 12.1 Å². The first-order valence-corrected chi connectivity index (χ1v) is 5.29. The average Bonchev–Trinajstić information content (AvgIpc) is 2.40. The SMILES string of the molecule is CCOc1cccc(-c2ncc(C#N)cn2)c1. The van der Waals surface area contributed by atoms with Crippen molar-refractivity contribution >= 4 is 0 Å². The van der Waals surface area contributed by atoms with Gasteiger partial charge in [-0.15, -0.1) is 0 Å². The number of nitrogens with zero attached hydrogens (tertiary/aromatic N) is 3. The molecule has 84 valence electrons. The highest BCUT2D eigenvalue weighted by Crippen LogP contribution is 2.20. The lowest BCUT2D eigenvalue weighted by atomic mass is 10.2. The molecular formula is C13H11N3O. The van der Waals surface area contributed by atoms with Crippen LogP contribution in [0.25, 0.3) is 11.4 Å². The maximum Gasteiger partial charge on any atom is 0.159 e. The molecule has 0 unspecified atom stereocenters. The lowest BCUT2D eigenvalue weighted by Crippen LogP contribution is -1.93. The Morgan fingerprint density at radius 2 is 2.06 bits per heavy atom. The smallest absolute Gasteiger partial charge is 0.159 e. The second-order valence-electron chi connectivity index (χ2n) is 3.37. The van der Waals surface area contributed by atoms with Crippen LogP contribution < -0.4 is 4.74 Å². The van der Waals surface area contributed by atoms with Gasteiger partial charge in [-0.2, -0.15) is 5.26 Å². The Hall–Kier alpha value is -2.41. The van der Waals surface area contributed by atoms with Crippen LogP contribution in [0.15, 0.2) is 36.7 Å². The summed E-state index contributed by atoms with van der Waals surface area (Å²) in [6.07, 6.45) is 3.02. The van der Waals surface area contributed by atoms with Crippen molar-refractivity contribution in [2.45, 2.75) is 6.92 Å². The minimum atomic E-state index is 0.453. The highest BCUT2D eigenvalue weighted by molar-refractivity contribution is 5.57. The second-order valence-corrected chi connectivity index (χ2v) is 3.37. The second kappa shape index (κ2) is 5.08. The number of hydrogen-bond acceptors (Lipinski definition) is 4. The first kappa shape index (κ1) is 11.1. The van der Waals surface area contributed by atoms with Gasteiger partial charge in [0.1, 0.15) is 11.8 Å². The molecule has 0 aliphatic heterocycles. The van der Waals surface area contributed by atoms with Crippen LogP contribution >= 0.6 is 0 Å². The third-order valence-electron chi connectivity index (χ3n) is 2.18. The first-order valence-electron chi connectivity index (χ1n) is 5.29. The fourth-order valence-electron chi connectivity index (χ4n) is 1.43. The molecule has 2 rings (SSSR count). The van der Waals surface area contributed by atoms with Crippen LogP contribution in [-0.2, 0) is 0 Å². The van der Waals surface area contributed by atoms with Crippen molar-refractivity contribution < 1.29 is 4.74 Å². The van der Waals surface area contributed by atoms with Gasteiger partial charge in [0.15, 0.2) is 5.82 Å². The van der Waals surface area contributed by atoms with E-state index in [1.54, 1.807) is 0 Å². The summed E-state index contributed by atoms with van der Waals surface area (Å²) in [5.41, 5.74) is 1.33. The van der Waals surface area contributed by atoms with Crippen molar-refractivity contribution in [3.05, 3.63) is 42.2 Å². The zero-order chi connectivity index (χ0) is 12.1. The molecule has 0 radical (unpaired) electrons. The zero-order valence-electron chi connectivity index (χ0n) is 9.42. The molecule has 17 heavy (non-hydrogen) atoms. The van der Waals surface area contributed by atoms with Gasteiger partial charge in [0, 0.05) is 18.0 Å². The van der Waals surface area contributed by atoms with E-state index < -0.39 is 0 Å². The standard InChI is InChI=1S/C13H11N3O/c1-2-17-12-5-3-4-11(6-12)13-15-8-10(7-14)9-16-13/h3-6,8-9H,2H2,1H3. The molecule has 2 aromatic rings. The Labute approximate surface area is 99.5 Å². The van der Waals surface area contributed by atoms with Gasteiger partial charge < -0.3 is 4.74 Å². The molecule has 1 aromatic heterocycles. The number of aromatic nitrogens is 2. The van der Waals surface area contributed by atoms with E-state index in [1.807, 2.05) is 37.3 Å². The maximum absolute atomic E-state index is 8.66. The number of ether oxygens (including phenoxy) is 1. The Kier molecular flexibility index (Phi) is 3.31. The molecule has 0 saturated carbocycles. The van der Waals surface area contributed by atoms with Crippen LogP contribution in [0.4, 0.5) is 0 Å². The maximum atomic E-state index is 8.66. The number of nitriles is 1. The van der Waals surface area contributed by atoms with Crippen molar-refractivity contribution in [2.75, 3.05) is 6.61 Å². The molecule has 4 heteroatoms. The van der Waals surface area contributed by atoms with Gasteiger partial charge in [0.25, 0.3) is 0 Å². The molecule has 4 nitrogen and oxygen atoms in total.